The van der Waals surface area contributed by atoms with Crippen LogP contribution in [-0.4, -0.2) is 34.9 Å². The Morgan fingerprint density at radius 3 is 2.60 bits per heavy atom. The molecule has 0 aliphatic heterocycles. The SMILES string of the molecule is O=S(=O)(NCC1(Cn2cccn2)CC1)c1ccc(-c2cn[nH]c2)cc1. The standard InChI is InChI=1S/C17H19N5O2S/c23-25(24,16-4-2-14(3-5-16)15-10-18-19-11-15)21-12-17(6-7-17)13-22-9-1-8-20-22/h1-5,8-11,21H,6-7,12-13H2,(H,18,19). The number of aromatic nitrogens is 4. The fourth-order valence-electron chi connectivity index (χ4n) is 2.87. The van der Waals surface area contributed by atoms with Crippen LogP contribution in [0.5, 0.6) is 0 Å². The second-order valence-electron chi connectivity index (χ2n) is 6.54. The van der Waals surface area contributed by atoms with Gasteiger partial charge in [0.2, 0.25) is 10.0 Å². The van der Waals surface area contributed by atoms with Gasteiger partial charge in [-0.3, -0.25) is 9.78 Å². The number of hydrogen-bond donors (Lipinski definition) is 2. The molecule has 0 bridgehead atoms. The molecule has 0 saturated heterocycles. The summed E-state index contributed by atoms with van der Waals surface area (Å²) in [6.45, 7) is 1.17. The summed E-state index contributed by atoms with van der Waals surface area (Å²) in [6.07, 6.45) is 9.14. The predicted octanol–water partition coefficient (Wildman–Crippen LogP) is 2.03. The molecule has 4 rings (SSSR count). The van der Waals surface area contributed by atoms with E-state index in [1.54, 1.807) is 42.9 Å². The molecular weight excluding hydrogens is 338 g/mol. The Labute approximate surface area is 146 Å². The highest BCUT2D eigenvalue weighted by Gasteiger charge is 2.43. The predicted molar refractivity (Wildman–Crippen MR) is 93.1 cm³/mol. The maximum absolute atomic E-state index is 12.6. The average Bonchev–Trinajstić information content (AvgIpc) is 3.03. The molecule has 0 radical (unpaired) electrons. The van der Waals surface area contributed by atoms with Crippen molar-refractivity contribution in [3.63, 3.8) is 0 Å². The number of hydrogen-bond acceptors (Lipinski definition) is 4. The Bertz CT molecular complexity index is 928. The minimum atomic E-state index is -3.52. The minimum absolute atomic E-state index is 0.0180. The van der Waals surface area contributed by atoms with E-state index in [1.165, 1.54) is 0 Å². The van der Waals surface area contributed by atoms with Crippen LogP contribution in [-0.2, 0) is 16.6 Å². The molecule has 7 nitrogen and oxygen atoms in total. The van der Waals surface area contributed by atoms with Crippen molar-refractivity contribution in [3.8, 4) is 11.1 Å². The lowest BCUT2D eigenvalue weighted by Gasteiger charge is -2.16. The lowest BCUT2D eigenvalue weighted by Crippen LogP contribution is -2.32. The molecule has 3 aromatic rings. The first-order chi connectivity index (χ1) is 12.1. The van der Waals surface area contributed by atoms with Gasteiger partial charge in [-0.1, -0.05) is 12.1 Å². The summed E-state index contributed by atoms with van der Waals surface area (Å²) in [5.41, 5.74) is 1.83. The zero-order valence-corrected chi connectivity index (χ0v) is 14.4. The van der Waals surface area contributed by atoms with E-state index in [-0.39, 0.29) is 10.3 Å². The van der Waals surface area contributed by atoms with Crippen LogP contribution in [0.3, 0.4) is 0 Å². The minimum Gasteiger partial charge on any atom is -0.285 e. The van der Waals surface area contributed by atoms with Gasteiger partial charge in [0.15, 0.2) is 0 Å². The molecule has 2 aromatic heterocycles. The van der Waals surface area contributed by atoms with E-state index < -0.39 is 10.0 Å². The monoisotopic (exact) mass is 357 g/mol. The topological polar surface area (TPSA) is 92.7 Å². The number of aromatic amines is 1. The Kier molecular flexibility index (Phi) is 3.93. The first kappa shape index (κ1) is 16.0. The van der Waals surface area contributed by atoms with Crippen LogP contribution in [0.25, 0.3) is 11.1 Å². The Hall–Kier alpha value is -2.45. The van der Waals surface area contributed by atoms with Crippen LogP contribution >= 0.6 is 0 Å². The molecule has 0 spiro atoms. The van der Waals surface area contributed by atoms with Gasteiger partial charge in [-0.25, -0.2) is 13.1 Å². The molecule has 1 aromatic carbocycles. The van der Waals surface area contributed by atoms with E-state index in [9.17, 15) is 8.42 Å². The van der Waals surface area contributed by atoms with Gasteiger partial charge in [0.05, 0.1) is 11.1 Å². The van der Waals surface area contributed by atoms with E-state index >= 15 is 0 Å². The number of benzene rings is 1. The van der Waals surface area contributed by atoms with Gasteiger partial charge in [-0.15, -0.1) is 0 Å². The highest BCUT2D eigenvalue weighted by molar-refractivity contribution is 7.89. The van der Waals surface area contributed by atoms with Crippen LogP contribution in [0, 0.1) is 5.41 Å². The molecule has 1 saturated carbocycles. The molecule has 1 aliphatic rings. The van der Waals surface area contributed by atoms with Crippen LogP contribution in [0.4, 0.5) is 0 Å². The normalized spacial score (nSPS) is 16.0. The van der Waals surface area contributed by atoms with Gasteiger partial charge in [-0.05, 0) is 36.6 Å². The number of rotatable bonds is 7. The average molecular weight is 357 g/mol. The van der Waals surface area contributed by atoms with Crippen molar-refractivity contribution < 1.29 is 8.42 Å². The summed E-state index contributed by atoms with van der Waals surface area (Å²) in [6, 6.07) is 8.70. The molecule has 2 heterocycles. The number of sulfonamides is 1. The zero-order chi connectivity index (χ0) is 17.3. The third-order valence-electron chi connectivity index (χ3n) is 4.65. The van der Waals surface area contributed by atoms with Gasteiger partial charge >= 0.3 is 0 Å². The smallest absolute Gasteiger partial charge is 0.240 e. The Morgan fingerprint density at radius 2 is 2.00 bits per heavy atom. The van der Waals surface area contributed by atoms with Crippen molar-refractivity contribution in [1.82, 2.24) is 24.7 Å². The molecule has 0 unspecified atom stereocenters. The van der Waals surface area contributed by atoms with Crippen LogP contribution in [0.1, 0.15) is 12.8 Å². The van der Waals surface area contributed by atoms with E-state index in [0.29, 0.717) is 6.54 Å². The molecule has 0 amide bonds. The second kappa shape index (κ2) is 6.12. The van der Waals surface area contributed by atoms with Gasteiger partial charge < -0.3 is 0 Å². The van der Waals surface area contributed by atoms with Crippen molar-refractivity contribution in [3.05, 3.63) is 55.1 Å². The van der Waals surface area contributed by atoms with Gasteiger partial charge in [-0.2, -0.15) is 10.2 Å². The van der Waals surface area contributed by atoms with E-state index in [2.05, 4.69) is 20.0 Å². The quantitative estimate of drug-likeness (QED) is 0.677. The molecule has 1 fully saturated rings. The van der Waals surface area contributed by atoms with Crippen molar-refractivity contribution >= 4 is 10.0 Å². The maximum Gasteiger partial charge on any atom is 0.240 e. The summed E-state index contributed by atoms with van der Waals surface area (Å²) in [5.74, 6) is 0. The Balaban J connectivity index is 1.43. The van der Waals surface area contributed by atoms with Crippen molar-refractivity contribution in [2.75, 3.05) is 6.54 Å². The fraction of sp³-hybridized carbons (Fsp3) is 0.294. The van der Waals surface area contributed by atoms with Crippen LogP contribution in [0.2, 0.25) is 0 Å². The zero-order valence-electron chi connectivity index (χ0n) is 13.6. The summed E-state index contributed by atoms with van der Waals surface area (Å²) in [7, 11) is -3.52. The van der Waals surface area contributed by atoms with E-state index in [4.69, 9.17) is 0 Å². The lowest BCUT2D eigenvalue weighted by molar-refractivity contribution is 0.393. The maximum atomic E-state index is 12.6. The van der Waals surface area contributed by atoms with Crippen LogP contribution in [0.15, 0.2) is 60.0 Å². The van der Waals surface area contributed by atoms with Gasteiger partial charge in [0, 0.05) is 42.7 Å². The summed E-state index contributed by atoms with van der Waals surface area (Å²) in [5, 5.41) is 10.9. The third-order valence-corrected chi connectivity index (χ3v) is 6.06. The van der Waals surface area contributed by atoms with E-state index in [0.717, 1.165) is 30.5 Å². The highest BCUT2D eigenvalue weighted by atomic mass is 32.2. The highest BCUT2D eigenvalue weighted by Crippen LogP contribution is 2.46. The van der Waals surface area contributed by atoms with Crippen LogP contribution < -0.4 is 4.72 Å². The van der Waals surface area contributed by atoms with Crippen molar-refractivity contribution in [2.24, 2.45) is 5.41 Å². The molecule has 8 heteroatoms. The molecule has 25 heavy (non-hydrogen) atoms. The summed E-state index contributed by atoms with van der Waals surface area (Å²) >= 11 is 0. The van der Waals surface area contributed by atoms with Gasteiger partial charge in [0.1, 0.15) is 0 Å². The summed E-state index contributed by atoms with van der Waals surface area (Å²) < 4.78 is 29.7. The lowest BCUT2D eigenvalue weighted by atomic mass is 10.1. The second-order valence-corrected chi connectivity index (χ2v) is 8.31. The first-order valence-corrected chi connectivity index (χ1v) is 9.61. The fourth-order valence-corrected chi connectivity index (χ4v) is 4.03. The molecule has 2 N–H and O–H groups in total. The number of nitrogens with zero attached hydrogens (tertiary/aromatic N) is 3. The van der Waals surface area contributed by atoms with Gasteiger partial charge in [0.25, 0.3) is 0 Å². The summed E-state index contributed by atoms with van der Waals surface area (Å²) in [4.78, 5) is 0.273. The molecule has 1 aliphatic carbocycles. The van der Waals surface area contributed by atoms with E-state index in [1.807, 2.05) is 16.9 Å². The third kappa shape index (κ3) is 3.49. The Morgan fingerprint density at radius 1 is 1.20 bits per heavy atom. The van der Waals surface area contributed by atoms with Crippen molar-refractivity contribution in [2.45, 2.75) is 24.3 Å². The first-order valence-electron chi connectivity index (χ1n) is 8.13. The molecule has 130 valence electrons. The molecular formula is C17H19N5O2S. The number of nitrogens with one attached hydrogen (secondary N) is 2. The largest absolute Gasteiger partial charge is 0.285 e. The number of H-pyrrole nitrogens is 1. The molecule has 0 atom stereocenters. The van der Waals surface area contributed by atoms with Crippen molar-refractivity contribution in [1.29, 1.82) is 0 Å².